The maximum absolute atomic E-state index is 12.1. The van der Waals surface area contributed by atoms with Crippen LogP contribution in [0, 0.1) is 5.92 Å². The zero-order chi connectivity index (χ0) is 19.1. The van der Waals surface area contributed by atoms with Crippen molar-refractivity contribution in [1.29, 1.82) is 0 Å². The van der Waals surface area contributed by atoms with Crippen molar-refractivity contribution in [2.75, 3.05) is 34.0 Å². The molecule has 0 unspecified atom stereocenters. The van der Waals surface area contributed by atoms with Gasteiger partial charge in [0.05, 0.1) is 26.3 Å². The number of carbonyl (C=O) groups is 1. The van der Waals surface area contributed by atoms with Crippen LogP contribution in [0.5, 0.6) is 11.5 Å². The van der Waals surface area contributed by atoms with Crippen LogP contribution in [0.15, 0.2) is 23.6 Å². The Hall–Kier alpha value is -2.12. The molecular weight excluding hydrogens is 364 g/mol. The van der Waals surface area contributed by atoms with E-state index < -0.39 is 0 Å². The number of hydrogen-bond acceptors (Lipinski definition) is 6. The van der Waals surface area contributed by atoms with Gasteiger partial charge in [0.2, 0.25) is 5.91 Å². The molecule has 1 aromatic carbocycles. The molecule has 1 heterocycles. The molecule has 1 aromatic heterocycles. The van der Waals surface area contributed by atoms with E-state index in [1.807, 2.05) is 23.6 Å². The number of amides is 1. The summed E-state index contributed by atoms with van der Waals surface area (Å²) < 4.78 is 16.2. The predicted octanol–water partition coefficient (Wildman–Crippen LogP) is 3.30. The highest BCUT2D eigenvalue weighted by atomic mass is 32.1. The highest BCUT2D eigenvalue weighted by Crippen LogP contribution is 2.33. The van der Waals surface area contributed by atoms with Crippen LogP contribution in [0.2, 0.25) is 0 Å². The molecule has 1 aliphatic rings. The summed E-state index contributed by atoms with van der Waals surface area (Å²) in [6.07, 6.45) is 3.73. The molecule has 7 heteroatoms. The highest BCUT2D eigenvalue weighted by Gasteiger charge is 2.20. The van der Waals surface area contributed by atoms with E-state index in [0.29, 0.717) is 24.7 Å². The Morgan fingerprint density at radius 2 is 2.07 bits per heavy atom. The van der Waals surface area contributed by atoms with Gasteiger partial charge >= 0.3 is 0 Å². The molecule has 6 nitrogen and oxygen atoms in total. The van der Waals surface area contributed by atoms with E-state index in [1.54, 1.807) is 14.2 Å². The molecule has 3 rings (SSSR count). The fourth-order valence-electron chi connectivity index (χ4n) is 2.65. The molecule has 0 aliphatic heterocycles. The molecule has 1 amide bonds. The first-order valence-electron chi connectivity index (χ1n) is 9.21. The fourth-order valence-corrected chi connectivity index (χ4v) is 3.47. The van der Waals surface area contributed by atoms with Gasteiger partial charge in [0.15, 0.2) is 11.5 Å². The molecule has 0 spiro atoms. The largest absolute Gasteiger partial charge is 0.493 e. The smallest absolute Gasteiger partial charge is 0.226 e. The van der Waals surface area contributed by atoms with Gasteiger partial charge in [0.25, 0.3) is 0 Å². The molecule has 1 saturated carbocycles. The van der Waals surface area contributed by atoms with Crippen LogP contribution >= 0.6 is 11.3 Å². The molecular formula is C20H26N2O4S. The molecule has 1 fully saturated rings. The van der Waals surface area contributed by atoms with Crippen molar-refractivity contribution in [3.8, 4) is 22.1 Å². The summed E-state index contributed by atoms with van der Waals surface area (Å²) in [6, 6.07) is 5.68. The maximum atomic E-state index is 12.1. The van der Waals surface area contributed by atoms with Crippen LogP contribution in [-0.4, -0.2) is 44.9 Å². The Labute approximate surface area is 163 Å². The average Bonchev–Trinajstić information content (AvgIpc) is 3.40. The number of benzene rings is 1. The van der Waals surface area contributed by atoms with E-state index >= 15 is 0 Å². The molecule has 27 heavy (non-hydrogen) atoms. The maximum Gasteiger partial charge on any atom is 0.226 e. The van der Waals surface area contributed by atoms with Gasteiger partial charge in [-0.05, 0) is 43.4 Å². The summed E-state index contributed by atoms with van der Waals surface area (Å²) in [5, 5.41) is 5.70. The lowest BCUT2D eigenvalue weighted by Gasteiger charge is -2.08. The number of methoxy groups -OCH3 is 2. The van der Waals surface area contributed by atoms with Gasteiger partial charge < -0.3 is 19.5 Å². The quantitative estimate of drug-likeness (QED) is 0.596. The van der Waals surface area contributed by atoms with Crippen molar-refractivity contribution in [1.82, 2.24) is 10.3 Å². The van der Waals surface area contributed by atoms with E-state index in [-0.39, 0.29) is 12.3 Å². The standard InChI is InChI=1S/C20H26N2O4S/c1-24-17-7-6-15(10-18(17)25-2)20-22-16(13-27-20)11-19(23)21-8-3-9-26-12-14-4-5-14/h6-7,10,13-14H,3-5,8-9,11-12H2,1-2H3,(H,21,23). The first-order chi connectivity index (χ1) is 13.2. The minimum atomic E-state index is -0.0126. The summed E-state index contributed by atoms with van der Waals surface area (Å²) >= 11 is 1.51. The van der Waals surface area contributed by atoms with Crippen LogP contribution < -0.4 is 14.8 Å². The van der Waals surface area contributed by atoms with Gasteiger partial charge in [-0.25, -0.2) is 4.98 Å². The number of nitrogens with one attached hydrogen (secondary N) is 1. The van der Waals surface area contributed by atoms with Gasteiger partial charge in [-0.3, -0.25) is 4.79 Å². The minimum Gasteiger partial charge on any atom is -0.493 e. The lowest BCUT2D eigenvalue weighted by atomic mass is 10.2. The second-order valence-corrected chi connectivity index (χ2v) is 7.47. The van der Waals surface area contributed by atoms with E-state index in [2.05, 4.69) is 10.3 Å². The predicted molar refractivity (Wildman–Crippen MR) is 106 cm³/mol. The van der Waals surface area contributed by atoms with Crippen molar-refractivity contribution in [3.05, 3.63) is 29.3 Å². The number of ether oxygens (including phenoxy) is 3. The molecule has 0 radical (unpaired) electrons. The van der Waals surface area contributed by atoms with Crippen LogP contribution in [0.3, 0.4) is 0 Å². The molecule has 146 valence electrons. The van der Waals surface area contributed by atoms with Gasteiger partial charge in [-0.15, -0.1) is 11.3 Å². The van der Waals surface area contributed by atoms with Crippen LogP contribution in [-0.2, 0) is 16.0 Å². The van der Waals surface area contributed by atoms with Crippen LogP contribution in [0.25, 0.3) is 10.6 Å². The Morgan fingerprint density at radius 1 is 1.26 bits per heavy atom. The monoisotopic (exact) mass is 390 g/mol. The molecule has 0 saturated heterocycles. The number of aromatic nitrogens is 1. The zero-order valence-corrected chi connectivity index (χ0v) is 16.6. The first-order valence-corrected chi connectivity index (χ1v) is 10.1. The Kier molecular flexibility index (Phi) is 7.06. The summed E-state index contributed by atoms with van der Waals surface area (Å²) in [5.74, 6) is 2.11. The number of nitrogens with zero attached hydrogens (tertiary/aromatic N) is 1. The second kappa shape index (κ2) is 9.71. The highest BCUT2D eigenvalue weighted by molar-refractivity contribution is 7.13. The number of thiazole rings is 1. The van der Waals surface area contributed by atoms with Crippen LogP contribution in [0.1, 0.15) is 25.0 Å². The van der Waals surface area contributed by atoms with Crippen molar-refractivity contribution in [2.45, 2.75) is 25.7 Å². The summed E-state index contributed by atoms with van der Waals surface area (Å²) in [4.78, 5) is 16.6. The summed E-state index contributed by atoms with van der Waals surface area (Å²) in [5.41, 5.74) is 1.71. The third-order valence-electron chi connectivity index (χ3n) is 4.36. The van der Waals surface area contributed by atoms with Gasteiger partial charge in [0, 0.05) is 30.7 Å². The van der Waals surface area contributed by atoms with Gasteiger partial charge in [0.1, 0.15) is 5.01 Å². The molecule has 0 atom stereocenters. The topological polar surface area (TPSA) is 69.7 Å². The van der Waals surface area contributed by atoms with Gasteiger partial charge in [-0.2, -0.15) is 0 Å². The Bertz CT molecular complexity index is 758. The van der Waals surface area contributed by atoms with E-state index in [9.17, 15) is 4.79 Å². The SMILES string of the molecule is COc1ccc(-c2nc(CC(=O)NCCCOCC3CC3)cs2)cc1OC. The number of hydrogen-bond donors (Lipinski definition) is 1. The average molecular weight is 391 g/mol. The normalized spacial score (nSPS) is 13.4. The van der Waals surface area contributed by atoms with Crippen molar-refractivity contribution in [3.63, 3.8) is 0 Å². The van der Waals surface area contributed by atoms with Gasteiger partial charge in [-0.1, -0.05) is 0 Å². The molecule has 1 aliphatic carbocycles. The fraction of sp³-hybridized carbons (Fsp3) is 0.500. The third-order valence-corrected chi connectivity index (χ3v) is 5.30. The third kappa shape index (κ3) is 5.94. The van der Waals surface area contributed by atoms with E-state index in [1.165, 1.54) is 24.2 Å². The second-order valence-electron chi connectivity index (χ2n) is 6.61. The minimum absolute atomic E-state index is 0.0126. The summed E-state index contributed by atoms with van der Waals surface area (Å²) in [7, 11) is 3.22. The molecule has 1 N–H and O–H groups in total. The van der Waals surface area contributed by atoms with E-state index in [4.69, 9.17) is 14.2 Å². The first kappa shape index (κ1) is 19.6. The molecule has 2 aromatic rings. The van der Waals surface area contributed by atoms with Crippen LogP contribution in [0.4, 0.5) is 0 Å². The lowest BCUT2D eigenvalue weighted by molar-refractivity contribution is -0.120. The molecule has 0 bridgehead atoms. The number of carbonyl (C=O) groups excluding carboxylic acids is 1. The Morgan fingerprint density at radius 3 is 2.81 bits per heavy atom. The van der Waals surface area contributed by atoms with Crippen molar-refractivity contribution >= 4 is 17.2 Å². The van der Waals surface area contributed by atoms with Crippen molar-refractivity contribution in [2.24, 2.45) is 5.92 Å². The Balaban J connectivity index is 1.45. The summed E-state index contributed by atoms with van der Waals surface area (Å²) in [6.45, 7) is 2.21. The van der Waals surface area contributed by atoms with E-state index in [0.717, 1.165) is 35.2 Å². The zero-order valence-electron chi connectivity index (χ0n) is 15.8. The van der Waals surface area contributed by atoms with Crippen molar-refractivity contribution < 1.29 is 19.0 Å². The number of rotatable bonds is 11. The lowest BCUT2D eigenvalue weighted by Crippen LogP contribution is -2.27.